The lowest BCUT2D eigenvalue weighted by molar-refractivity contribution is 0.152. The SMILES string of the molecule is CCCC(O)Cc1nc(-c2ccoc2)no1. The molecule has 5 nitrogen and oxygen atoms in total. The van der Waals surface area contributed by atoms with Crippen LogP contribution in [0.15, 0.2) is 27.5 Å². The Morgan fingerprint density at radius 3 is 3.06 bits per heavy atom. The van der Waals surface area contributed by atoms with Crippen molar-refractivity contribution in [3.05, 3.63) is 24.5 Å². The highest BCUT2D eigenvalue weighted by Gasteiger charge is 2.13. The van der Waals surface area contributed by atoms with E-state index >= 15 is 0 Å². The third kappa shape index (κ3) is 2.49. The second kappa shape index (κ2) is 4.94. The van der Waals surface area contributed by atoms with Crippen LogP contribution in [0.5, 0.6) is 0 Å². The van der Waals surface area contributed by atoms with Crippen molar-refractivity contribution >= 4 is 0 Å². The fraction of sp³-hybridized carbons (Fsp3) is 0.455. The first-order valence-electron chi connectivity index (χ1n) is 5.32. The Kier molecular flexibility index (Phi) is 3.36. The van der Waals surface area contributed by atoms with Gasteiger partial charge in [-0.15, -0.1) is 0 Å². The molecule has 0 amide bonds. The van der Waals surface area contributed by atoms with Gasteiger partial charge < -0.3 is 14.0 Å². The fourth-order valence-electron chi connectivity index (χ4n) is 1.48. The van der Waals surface area contributed by atoms with Gasteiger partial charge in [0.2, 0.25) is 11.7 Å². The molecule has 0 spiro atoms. The van der Waals surface area contributed by atoms with Gasteiger partial charge in [-0.1, -0.05) is 18.5 Å². The average molecular weight is 222 g/mol. The number of aromatic nitrogens is 2. The largest absolute Gasteiger partial charge is 0.472 e. The smallest absolute Gasteiger partial charge is 0.229 e. The van der Waals surface area contributed by atoms with Crippen LogP contribution in [0.1, 0.15) is 25.7 Å². The number of hydrogen-bond acceptors (Lipinski definition) is 5. The van der Waals surface area contributed by atoms with Crippen LogP contribution >= 0.6 is 0 Å². The molecule has 2 aromatic heterocycles. The molecule has 0 radical (unpaired) electrons. The molecule has 0 aromatic carbocycles. The van der Waals surface area contributed by atoms with E-state index in [1.807, 2.05) is 6.92 Å². The summed E-state index contributed by atoms with van der Waals surface area (Å²) in [5.41, 5.74) is 0.778. The molecule has 2 rings (SSSR count). The van der Waals surface area contributed by atoms with Gasteiger partial charge in [-0.05, 0) is 12.5 Å². The minimum atomic E-state index is -0.414. The van der Waals surface area contributed by atoms with E-state index in [4.69, 9.17) is 8.94 Å². The first-order chi connectivity index (χ1) is 7.79. The van der Waals surface area contributed by atoms with Gasteiger partial charge in [0.1, 0.15) is 6.26 Å². The van der Waals surface area contributed by atoms with Crippen molar-refractivity contribution < 1.29 is 14.0 Å². The van der Waals surface area contributed by atoms with Gasteiger partial charge in [-0.25, -0.2) is 0 Å². The summed E-state index contributed by atoms with van der Waals surface area (Å²) in [5.74, 6) is 0.949. The summed E-state index contributed by atoms with van der Waals surface area (Å²) in [4.78, 5) is 4.18. The summed E-state index contributed by atoms with van der Waals surface area (Å²) < 4.78 is 9.97. The average Bonchev–Trinajstić information content (AvgIpc) is 2.86. The molecule has 1 atom stereocenters. The van der Waals surface area contributed by atoms with Crippen molar-refractivity contribution in [3.63, 3.8) is 0 Å². The van der Waals surface area contributed by atoms with E-state index in [9.17, 15) is 5.11 Å². The molecule has 2 heterocycles. The maximum atomic E-state index is 9.60. The minimum Gasteiger partial charge on any atom is -0.472 e. The normalized spacial score (nSPS) is 12.9. The predicted octanol–water partition coefficient (Wildman–Crippen LogP) is 2.03. The van der Waals surface area contributed by atoms with Crippen LogP contribution in [0.2, 0.25) is 0 Å². The van der Waals surface area contributed by atoms with E-state index < -0.39 is 6.10 Å². The van der Waals surface area contributed by atoms with E-state index in [1.54, 1.807) is 18.6 Å². The van der Waals surface area contributed by atoms with Gasteiger partial charge in [-0.3, -0.25) is 0 Å². The zero-order valence-corrected chi connectivity index (χ0v) is 9.09. The predicted molar refractivity (Wildman–Crippen MR) is 56.6 cm³/mol. The molecular formula is C11H14N2O3. The zero-order chi connectivity index (χ0) is 11.4. The van der Waals surface area contributed by atoms with Crippen molar-refractivity contribution in [2.24, 2.45) is 0 Å². The van der Waals surface area contributed by atoms with Crippen LogP contribution in [-0.2, 0) is 6.42 Å². The highest BCUT2D eigenvalue weighted by atomic mass is 16.5. The van der Waals surface area contributed by atoms with Crippen molar-refractivity contribution in [1.82, 2.24) is 10.1 Å². The molecular weight excluding hydrogens is 208 g/mol. The lowest BCUT2D eigenvalue weighted by atomic mass is 10.1. The molecule has 16 heavy (non-hydrogen) atoms. The summed E-state index contributed by atoms with van der Waals surface area (Å²) in [5, 5.41) is 13.4. The number of furan rings is 1. The topological polar surface area (TPSA) is 72.3 Å². The summed E-state index contributed by atoms with van der Waals surface area (Å²) in [7, 11) is 0. The highest BCUT2D eigenvalue weighted by Crippen LogP contribution is 2.16. The van der Waals surface area contributed by atoms with Crippen LogP contribution in [0.25, 0.3) is 11.4 Å². The van der Waals surface area contributed by atoms with E-state index in [0.29, 0.717) is 18.1 Å². The van der Waals surface area contributed by atoms with Crippen molar-refractivity contribution in [2.75, 3.05) is 0 Å². The number of aliphatic hydroxyl groups excluding tert-OH is 1. The molecule has 0 bridgehead atoms. The van der Waals surface area contributed by atoms with E-state index in [-0.39, 0.29) is 0 Å². The summed E-state index contributed by atoms with van der Waals surface area (Å²) in [6.45, 7) is 2.02. The van der Waals surface area contributed by atoms with Gasteiger partial charge in [0, 0.05) is 0 Å². The van der Waals surface area contributed by atoms with E-state index in [0.717, 1.165) is 18.4 Å². The lowest BCUT2D eigenvalue weighted by Gasteiger charge is -2.03. The van der Waals surface area contributed by atoms with Crippen LogP contribution in [-0.4, -0.2) is 21.4 Å². The van der Waals surface area contributed by atoms with Crippen molar-refractivity contribution in [1.29, 1.82) is 0 Å². The monoisotopic (exact) mass is 222 g/mol. The maximum absolute atomic E-state index is 9.60. The molecule has 0 saturated heterocycles. The fourth-order valence-corrected chi connectivity index (χ4v) is 1.48. The molecule has 86 valence electrons. The summed E-state index contributed by atoms with van der Waals surface area (Å²) in [6.07, 6.45) is 4.77. The van der Waals surface area contributed by atoms with Crippen molar-refractivity contribution in [3.8, 4) is 11.4 Å². The molecule has 0 fully saturated rings. The Balaban J connectivity index is 2.03. The van der Waals surface area contributed by atoms with Crippen LogP contribution in [0.3, 0.4) is 0 Å². The lowest BCUT2D eigenvalue weighted by Crippen LogP contribution is -2.09. The van der Waals surface area contributed by atoms with Gasteiger partial charge in [0.25, 0.3) is 0 Å². The molecule has 0 saturated carbocycles. The quantitative estimate of drug-likeness (QED) is 0.838. The Hall–Kier alpha value is -1.62. The minimum absolute atomic E-state index is 0.401. The molecule has 1 unspecified atom stereocenters. The first kappa shape index (κ1) is 10.9. The number of hydrogen-bond donors (Lipinski definition) is 1. The highest BCUT2D eigenvalue weighted by molar-refractivity contribution is 5.51. The standard InChI is InChI=1S/C11H14N2O3/c1-2-3-9(14)6-10-12-11(13-16-10)8-4-5-15-7-8/h4-5,7,9,14H,2-3,6H2,1H3. The van der Waals surface area contributed by atoms with Crippen LogP contribution in [0, 0.1) is 0 Å². The van der Waals surface area contributed by atoms with Crippen LogP contribution < -0.4 is 0 Å². The number of nitrogens with zero attached hydrogens (tertiary/aromatic N) is 2. The van der Waals surface area contributed by atoms with Gasteiger partial charge in [0.15, 0.2) is 0 Å². The third-order valence-electron chi connectivity index (χ3n) is 2.28. The summed E-state index contributed by atoms with van der Waals surface area (Å²) in [6, 6.07) is 1.76. The Bertz CT molecular complexity index is 422. The van der Waals surface area contributed by atoms with Gasteiger partial charge in [0.05, 0.1) is 24.4 Å². The molecule has 5 heteroatoms. The Morgan fingerprint density at radius 2 is 2.38 bits per heavy atom. The molecule has 2 aromatic rings. The number of rotatable bonds is 5. The van der Waals surface area contributed by atoms with Crippen LogP contribution in [0.4, 0.5) is 0 Å². The Labute approximate surface area is 93.1 Å². The molecule has 0 aliphatic rings. The van der Waals surface area contributed by atoms with E-state index in [1.165, 1.54) is 0 Å². The molecule has 0 aliphatic heterocycles. The third-order valence-corrected chi connectivity index (χ3v) is 2.28. The molecule has 1 N–H and O–H groups in total. The first-order valence-corrected chi connectivity index (χ1v) is 5.32. The molecule has 0 aliphatic carbocycles. The summed E-state index contributed by atoms with van der Waals surface area (Å²) >= 11 is 0. The van der Waals surface area contributed by atoms with E-state index in [2.05, 4.69) is 10.1 Å². The van der Waals surface area contributed by atoms with Gasteiger partial charge >= 0.3 is 0 Å². The van der Waals surface area contributed by atoms with Crippen molar-refractivity contribution in [2.45, 2.75) is 32.3 Å². The van der Waals surface area contributed by atoms with Gasteiger partial charge in [-0.2, -0.15) is 4.98 Å². The maximum Gasteiger partial charge on any atom is 0.229 e. The Morgan fingerprint density at radius 1 is 1.50 bits per heavy atom. The second-order valence-corrected chi connectivity index (χ2v) is 3.67. The second-order valence-electron chi connectivity index (χ2n) is 3.67. The number of aliphatic hydroxyl groups is 1. The zero-order valence-electron chi connectivity index (χ0n) is 9.09.